The summed E-state index contributed by atoms with van der Waals surface area (Å²) in [6.07, 6.45) is 1.03. The van der Waals surface area contributed by atoms with E-state index < -0.39 is 12.1 Å². The summed E-state index contributed by atoms with van der Waals surface area (Å²) in [6.45, 7) is 0.570. The second kappa shape index (κ2) is 4.97. The molecule has 0 saturated carbocycles. The Morgan fingerprint density at radius 2 is 2.12 bits per heavy atom. The van der Waals surface area contributed by atoms with E-state index >= 15 is 0 Å². The summed E-state index contributed by atoms with van der Waals surface area (Å²) in [5, 5.41) is 13.4. The Hall–Kier alpha value is -1.88. The second-order valence-electron chi connectivity index (χ2n) is 3.82. The Kier molecular flexibility index (Phi) is 3.39. The monoisotopic (exact) mass is 234 g/mol. The third-order valence-electron chi connectivity index (χ3n) is 2.63. The predicted molar refractivity (Wildman–Crippen MR) is 58.4 cm³/mol. The van der Waals surface area contributed by atoms with Crippen molar-refractivity contribution in [2.45, 2.75) is 18.9 Å². The van der Waals surface area contributed by atoms with Gasteiger partial charge in [-0.1, -0.05) is 18.2 Å². The maximum Gasteiger partial charge on any atom is 0.253 e. The minimum Gasteiger partial charge on any atom is -0.545 e. The van der Waals surface area contributed by atoms with Crippen molar-refractivity contribution in [3.8, 4) is 0 Å². The molecule has 0 aliphatic carbocycles. The molecule has 1 N–H and O–H groups in total. The number of para-hydroxylation sites is 1. The first-order valence-corrected chi connectivity index (χ1v) is 5.41. The standard InChI is InChI=1S/C12H13NO4/c14-11(10-6-3-7-17-10)13-9-5-2-1-4-8(9)12(15)16/h1-2,4-5,10H,3,6-7H2,(H,13,14)(H,15,16)/p-1/t10-/m1/s1. The number of hydrogen-bond donors (Lipinski definition) is 1. The van der Waals surface area contributed by atoms with Crippen LogP contribution in [0.4, 0.5) is 5.69 Å². The van der Waals surface area contributed by atoms with Crippen LogP contribution in [0.2, 0.25) is 0 Å². The van der Waals surface area contributed by atoms with Gasteiger partial charge in [-0.15, -0.1) is 0 Å². The molecule has 0 bridgehead atoms. The van der Waals surface area contributed by atoms with Gasteiger partial charge in [0.1, 0.15) is 6.10 Å². The maximum absolute atomic E-state index is 11.7. The molecule has 1 aliphatic heterocycles. The molecule has 1 aromatic rings. The van der Waals surface area contributed by atoms with Crippen LogP contribution in [0.15, 0.2) is 24.3 Å². The van der Waals surface area contributed by atoms with Crippen molar-refractivity contribution in [3.63, 3.8) is 0 Å². The number of carboxylic acid groups (broad SMARTS) is 1. The zero-order chi connectivity index (χ0) is 12.3. The highest BCUT2D eigenvalue weighted by atomic mass is 16.5. The third-order valence-corrected chi connectivity index (χ3v) is 2.63. The summed E-state index contributed by atoms with van der Waals surface area (Å²) in [6, 6.07) is 6.14. The lowest BCUT2D eigenvalue weighted by Gasteiger charge is -2.14. The predicted octanol–water partition coefficient (Wildman–Crippen LogP) is 0.168. The molecule has 2 rings (SSSR count). The van der Waals surface area contributed by atoms with Crippen molar-refractivity contribution in [1.82, 2.24) is 0 Å². The van der Waals surface area contributed by atoms with Crippen LogP contribution in [0.1, 0.15) is 23.2 Å². The molecule has 1 aliphatic rings. The number of anilines is 1. The fourth-order valence-electron chi connectivity index (χ4n) is 1.77. The van der Waals surface area contributed by atoms with Crippen LogP contribution in [-0.2, 0) is 9.53 Å². The van der Waals surface area contributed by atoms with Gasteiger partial charge in [0.25, 0.3) is 5.91 Å². The number of carbonyl (C=O) groups excluding carboxylic acids is 2. The average Bonchev–Trinajstić information content (AvgIpc) is 2.83. The number of ether oxygens (including phenoxy) is 1. The number of rotatable bonds is 3. The maximum atomic E-state index is 11.7. The number of aromatic carboxylic acids is 1. The van der Waals surface area contributed by atoms with E-state index in [1.54, 1.807) is 12.1 Å². The molecule has 5 heteroatoms. The van der Waals surface area contributed by atoms with E-state index in [0.29, 0.717) is 13.0 Å². The zero-order valence-electron chi connectivity index (χ0n) is 9.14. The van der Waals surface area contributed by atoms with Gasteiger partial charge in [-0.25, -0.2) is 0 Å². The van der Waals surface area contributed by atoms with E-state index in [1.807, 2.05) is 0 Å². The van der Waals surface area contributed by atoms with Crippen LogP contribution in [0.25, 0.3) is 0 Å². The largest absolute Gasteiger partial charge is 0.545 e. The Morgan fingerprint density at radius 3 is 2.76 bits per heavy atom. The molecule has 0 unspecified atom stereocenters. The van der Waals surface area contributed by atoms with Crippen LogP contribution in [0.5, 0.6) is 0 Å². The molecule has 1 atom stereocenters. The van der Waals surface area contributed by atoms with E-state index in [4.69, 9.17) is 4.74 Å². The molecule has 0 spiro atoms. The van der Waals surface area contributed by atoms with Crippen molar-refractivity contribution in [3.05, 3.63) is 29.8 Å². The molecule has 1 heterocycles. The first-order valence-electron chi connectivity index (χ1n) is 5.41. The van der Waals surface area contributed by atoms with Gasteiger partial charge in [0, 0.05) is 17.9 Å². The van der Waals surface area contributed by atoms with Gasteiger partial charge in [-0.2, -0.15) is 0 Å². The van der Waals surface area contributed by atoms with Gasteiger partial charge in [0.05, 0.1) is 5.97 Å². The molecule has 5 nitrogen and oxygen atoms in total. The Labute approximate surface area is 98.4 Å². The van der Waals surface area contributed by atoms with Gasteiger partial charge in [0.2, 0.25) is 0 Å². The van der Waals surface area contributed by atoms with Crippen LogP contribution in [-0.4, -0.2) is 24.6 Å². The lowest BCUT2D eigenvalue weighted by Crippen LogP contribution is -2.29. The number of benzene rings is 1. The second-order valence-corrected chi connectivity index (χ2v) is 3.82. The van der Waals surface area contributed by atoms with Crippen LogP contribution >= 0.6 is 0 Å². The van der Waals surface area contributed by atoms with E-state index in [-0.39, 0.29) is 17.2 Å². The first kappa shape index (κ1) is 11.6. The summed E-state index contributed by atoms with van der Waals surface area (Å²) in [5.74, 6) is -1.62. The molecule has 1 saturated heterocycles. The normalized spacial score (nSPS) is 18.9. The molecular formula is C12H12NO4-. The lowest BCUT2D eigenvalue weighted by molar-refractivity contribution is -0.254. The fourth-order valence-corrected chi connectivity index (χ4v) is 1.77. The molecule has 1 aromatic carbocycles. The summed E-state index contributed by atoms with van der Waals surface area (Å²) in [7, 11) is 0. The van der Waals surface area contributed by atoms with Crippen LogP contribution < -0.4 is 10.4 Å². The number of carboxylic acids is 1. The SMILES string of the molecule is O=C([O-])c1ccccc1NC(=O)[C@H]1CCCO1. The van der Waals surface area contributed by atoms with Crippen molar-refractivity contribution < 1.29 is 19.4 Å². The average molecular weight is 234 g/mol. The summed E-state index contributed by atoms with van der Waals surface area (Å²) in [5.41, 5.74) is 0.215. The number of amides is 1. The highest BCUT2D eigenvalue weighted by Crippen LogP contribution is 2.18. The van der Waals surface area contributed by atoms with E-state index in [9.17, 15) is 14.7 Å². The summed E-state index contributed by atoms with van der Waals surface area (Å²) in [4.78, 5) is 22.6. The van der Waals surface area contributed by atoms with Crippen molar-refractivity contribution in [2.24, 2.45) is 0 Å². The van der Waals surface area contributed by atoms with Gasteiger partial charge in [0.15, 0.2) is 0 Å². The number of nitrogens with one attached hydrogen (secondary N) is 1. The molecule has 0 radical (unpaired) electrons. The van der Waals surface area contributed by atoms with E-state index in [2.05, 4.69) is 5.32 Å². The summed E-state index contributed by atoms with van der Waals surface area (Å²) < 4.78 is 5.21. The number of hydrogen-bond acceptors (Lipinski definition) is 4. The highest BCUT2D eigenvalue weighted by Gasteiger charge is 2.23. The molecule has 1 fully saturated rings. The van der Waals surface area contributed by atoms with E-state index in [1.165, 1.54) is 12.1 Å². The highest BCUT2D eigenvalue weighted by molar-refractivity contribution is 6.01. The minimum absolute atomic E-state index is 0.0288. The van der Waals surface area contributed by atoms with E-state index in [0.717, 1.165) is 6.42 Å². The number of carbonyl (C=O) groups is 2. The van der Waals surface area contributed by atoms with Crippen molar-refractivity contribution in [2.75, 3.05) is 11.9 Å². The lowest BCUT2D eigenvalue weighted by atomic mass is 10.1. The molecule has 17 heavy (non-hydrogen) atoms. The Balaban J connectivity index is 2.12. The van der Waals surface area contributed by atoms with Crippen molar-refractivity contribution in [1.29, 1.82) is 0 Å². The molecular weight excluding hydrogens is 222 g/mol. The van der Waals surface area contributed by atoms with Gasteiger partial charge < -0.3 is 20.0 Å². The van der Waals surface area contributed by atoms with Gasteiger partial charge in [-0.3, -0.25) is 4.79 Å². The smallest absolute Gasteiger partial charge is 0.253 e. The minimum atomic E-state index is -1.31. The topological polar surface area (TPSA) is 78.5 Å². The molecule has 1 amide bonds. The first-order chi connectivity index (χ1) is 8.18. The van der Waals surface area contributed by atoms with Crippen LogP contribution in [0.3, 0.4) is 0 Å². The summed E-state index contributed by atoms with van der Waals surface area (Å²) >= 11 is 0. The molecule has 0 aromatic heterocycles. The van der Waals surface area contributed by atoms with Gasteiger partial charge in [-0.05, 0) is 18.9 Å². The third kappa shape index (κ3) is 2.62. The Bertz CT molecular complexity index is 438. The quantitative estimate of drug-likeness (QED) is 0.808. The zero-order valence-corrected chi connectivity index (χ0v) is 9.14. The van der Waals surface area contributed by atoms with Crippen molar-refractivity contribution >= 4 is 17.6 Å². The van der Waals surface area contributed by atoms with Crippen LogP contribution in [0, 0.1) is 0 Å². The Morgan fingerprint density at radius 1 is 1.35 bits per heavy atom. The molecule has 90 valence electrons. The fraction of sp³-hybridized carbons (Fsp3) is 0.333. The van der Waals surface area contributed by atoms with Gasteiger partial charge >= 0.3 is 0 Å².